The van der Waals surface area contributed by atoms with Crippen molar-refractivity contribution in [3.05, 3.63) is 47.1 Å². The van der Waals surface area contributed by atoms with Crippen molar-refractivity contribution >= 4 is 28.3 Å². The third kappa shape index (κ3) is 2.48. The Bertz CT molecular complexity index is 860. The van der Waals surface area contributed by atoms with Crippen molar-refractivity contribution in [1.29, 1.82) is 0 Å². The number of carbonyl (C=O) groups is 1. The molecule has 112 valence electrons. The summed E-state index contributed by atoms with van der Waals surface area (Å²) in [5.74, 6) is -0.216. The average Bonchev–Trinajstić information content (AvgIpc) is 3.05. The van der Waals surface area contributed by atoms with Gasteiger partial charge in [0.2, 0.25) is 0 Å². The number of aromatic nitrogens is 2. The minimum atomic E-state index is -0.983. The van der Waals surface area contributed by atoms with Gasteiger partial charge in [-0.3, -0.25) is 4.40 Å². The summed E-state index contributed by atoms with van der Waals surface area (Å²) in [6.45, 7) is 1.97. The van der Waals surface area contributed by atoms with Crippen molar-refractivity contribution in [3.63, 3.8) is 0 Å². The number of carboxylic acids is 1. The van der Waals surface area contributed by atoms with E-state index >= 15 is 0 Å². The molecule has 0 fully saturated rings. The molecule has 0 unspecified atom stereocenters. The number of hydrogen-bond donors (Lipinski definition) is 1. The molecule has 5 nitrogen and oxygen atoms in total. The van der Waals surface area contributed by atoms with Crippen LogP contribution in [0.5, 0.6) is 5.75 Å². The van der Waals surface area contributed by atoms with Gasteiger partial charge in [0.25, 0.3) is 0 Å². The molecule has 2 heterocycles. The largest absolute Gasteiger partial charge is 0.497 e. The molecule has 0 amide bonds. The molecule has 1 N–H and O–H groups in total. The van der Waals surface area contributed by atoms with Gasteiger partial charge in [0.05, 0.1) is 18.5 Å². The lowest BCUT2D eigenvalue weighted by Crippen LogP contribution is -1.92. The topological polar surface area (TPSA) is 63.8 Å². The molecule has 2 aromatic heterocycles. The van der Waals surface area contributed by atoms with Gasteiger partial charge in [-0.05, 0) is 37.3 Å². The molecule has 0 spiro atoms. The van der Waals surface area contributed by atoms with E-state index in [-0.39, 0.29) is 0 Å². The Hall–Kier alpha value is -2.60. The van der Waals surface area contributed by atoms with Crippen LogP contribution >= 0.6 is 11.3 Å². The fraction of sp³-hybridized carbons (Fsp3) is 0.125. The number of fused-ring (bicyclic) bond motifs is 1. The Morgan fingerprint density at radius 1 is 1.36 bits per heavy atom. The first kappa shape index (κ1) is 14.3. The summed E-state index contributed by atoms with van der Waals surface area (Å²) in [6.07, 6.45) is 2.72. The van der Waals surface area contributed by atoms with E-state index < -0.39 is 5.97 Å². The highest BCUT2D eigenvalue weighted by Crippen LogP contribution is 2.30. The lowest BCUT2D eigenvalue weighted by Gasteiger charge is -2.03. The van der Waals surface area contributed by atoms with E-state index in [0.29, 0.717) is 0 Å². The van der Waals surface area contributed by atoms with E-state index in [2.05, 4.69) is 4.98 Å². The number of aliphatic carboxylic acids is 1. The highest BCUT2D eigenvalue weighted by atomic mass is 32.1. The molecule has 0 atom stereocenters. The molecule has 0 aliphatic heterocycles. The first-order valence-electron chi connectivity index (χ1n) is 6.62. The zero-order chi connectivity index (χ0) is 15.7. The maximum Gasteiger partial charge on any atom is 0.328 e. The first-order valence-corrected chi connectivity index (χ1v) is 7.50. The van der Waals surface area contributed by atoms with Gasteiger partial charge in [0.1, 0.15) is 5.75 Å². The number of rotatable bonds is 4. The van der Waals surface area contributed by atoms with Crippen molar-refractivity contribution in [2.45, 2.75) is 6.92 Å². The molecule has 0 saturated carbocycles. The van der Waals surface area contributed by atoms with E-state index in [1.807, 2.05) is 41.0 Å². The molecule has 0 aliphatic carbocycles. The van der Waals surface area contributed by atoms with E-state index in [9.17, 15) is 4.79 Å². The van der Waals surface area contributed by atoms with Gasteiger partial charge in [-0.15, -0.1) is 11.3 Å². The standard InChI is InChI=1S/C16H14N2O3S/c1-10-9-22-16-17-15(11-3-5-12(21-2)6-4-11)13(18(10)16)7-8-14(19)20/h3-9H,1-2H3,(H,19,20)/b8-7+. The number of hydrogen-bond acceptors (Lipinski definition) is 4. The molecule has 3 aromatic rings. The molecule has 1 aromatic carbocycles. The summed E-state index contributed by atoms with van der Waals surface area (Å²) in [6, 6.07) is 7.55. The van der Waals surface area contributed by atoms with Crippen molar-refractivity contribution < 1.29 is 14.6 Å². The van der Waals surface area contributed by atoms with Crippen LogP contribution in [0.25, 0.3) is 22.3 Å². The highest BCUT2D eigenvalue weighted by Gasteiger charge is 2.15. The van der Waals surface area contributed by atoms with Crippen LogP contribution in [-0.2, 0) is 4.79 Å². The van der Waals surface area contributed by atoms with E-state index in [4.69, 9.17) is 9.84 Å². The zero-order valence-corrected chi connectivity index (χ0v) is 12.9. The van der Waals surface area contributed by atoms with E-state index in [1.165, 1.54) is 11.3 Å². The fourth-order valence-electron chi connectivity index (χ4n) is 2.29. The normalized spacial score (nSPS) is 11.4. The number of ether oxygens (including phenoxy) is 1. The van der Waals surface area contributed by atoms with Crippen LogP contribution in [0, 0.1) is 6.92 Å². The van der Waals surface area contributed by atoms with Crippen LogP contribution < -0.4 is 4.74 Å². The van der Waals surface area contributed by atoms with Gasteiger partial charge in [0.15, 0.2) is 4.96 Å². The molecule has 3 rings (SSSR count). The lowest BCUT2D eigenvalue weighted by molar-refractivity contribution is -0.131. The minimum Gasteiger partial charge on any atom is -0.497 e. The third-order valence-electron chi connectivity index (χ3n) is 3.32. The number of imidazole rings is 1. The molecule has 6 heteroatoms. The molecule has 0 radical (unpaired) electrons. The van der Waals surface area contributed by atoms with Crippen LogP contribution in [-0.4, -0.2) is 27.6 Å². The molecule has 0 aliphatic rings. The number of methoxy groups -OCH3 is 1. The van der Waals surface area contributed by atoms with Crippen molar-refractivity contribution in [3.8, 4) is 17.0 Å². The maximum absolute atomic E-state index is 10.9. The van der Waals surface area contributed by atoms with Gasteiger partial charge >= 0.3 is 5.97 Å². The highest BCUT2D eigenvalue weighted by molar-refractivity contribution is 7.15. The average molecular weight is 314 g/mol. The summed E-state index contributed by atoms with van der Waals surface area (Å²) in [7, 11) is 1.62. The zero-order valence-electron chi connectivity index (χ0n) is 12.1. The Morgan fingerprint density at radius 3 is 2.73 bits per heavy atom. The Balaban J connectivity index is 2.19. The summed E-state index contributed by atoms with van der Waals surface area (Å²) in [5, 5.41) is 10.9. The van der Waals surface area contributed by atoms with Crippen molar-refractivity contribution in [1.82, 2.24) is 9.38 Å². The second kappa shape index (κ2) is 5.65. The van der Waals surface area contributed by atoms with E-state index in [1.54, 1.807) is 13.2 Å². The second-order valence-corrected chi connectivity index (χ2v) is 5.58. The van der Waals surface area contributed by atoms with Gasteiger partial charge in [-0.25, -0.2) is 9.78 Å². The van der Waals surface area contributed by atoms with Gasteiger partial charge in [0, 0.05) is 22.7 Å². The minimum absolute atomic E-state index is 0.759. The molecular formula is C16H14N2O3S. The van der Waals surface area contributed by atoms with Crippen LogP contribution in [0.1, 0.15) is 11.4 Å². The molecule has 22 heavy (non-hydrogen) atoms. The summed E-state index contributed by atoms with van der Waals surface area (Å²) in [4.78, 5) is 16.3. The SMILES string of the molecule is COc1ccc(-c2nc3scc(C)n3c2/C=C/C(=O)O)cc1. The fourth-order valence-corrected chi connectivity index (χ4v) is 3.16. The quantitative estimate of drug-likeness (QED) is 0.749. The molecule has 0 saturated heterocycles. The predicted molar refractivity (Wildman–Crippen MR) is 86.5 cm³/mol. The Labute approximate surface area is 131 Å². The molecule has 0 bridgehead atoms. The number of thiazole rings is 1. The second-order valence-electron chi connectivity index (χ2n) is 4.74. The molecular weight excluding hydrogens is 300 g/mol. The van der Waals surface area contributed by atoms with Crippen LogP contribution in [0.3, 0.4) is 0 Å². The van der Waals surface area contributed by atoms with Crippen LogP contribution in [0.2, 0.25) is 0 Å². The number of benzene rings is 1. The predicted octanol–water partition coefficient (Wildman–Crippen LogP) is 3.48. The van der Waals surface area contributed by atoms with E-state index in [0.717, 1.165) is 39.4 Å². The summed E-state index contributed by atoms with van der Waals surface area (Å²) >= 11 is 1.53. The first-order chi connectivity index (χ1) is 10.6. The Morgan fingerprint density at radius 2 is 2.09 bits per heavy atom. The van der Waals surface area contributed by atoms with Gasteiger partial charge < -0.3 is 9.84 Å². The van der Waals surface area contributed by atoms with Gasteiger partial charge in [-0.2, -0.15) is 0 Å². The van der Waals surface area contributed by atoms with Crippen LogP contribution in [0.15, 0.2) is 35.7 Å². The smallest absolute Gasteiger partial charge is 0.328 e. The number of carboxylic acid groups (broad SMARTS) is 1. The van der Waals surface area contributed by atoms with Gasteiger partial charge in [-0.1, -0.05) is 0 Å². The van der Waals surface area contributed by atoms with Crippen molar-refractivity contribution in [2.75, 3.05) is 7.11 Å². The summed E-state index contributed by atoms with van der Waals surface area (Å²) < 4.78 is 7.12. The number of nitrogens with zero attached hydrogens (tertiary/aromatic N) is 2. The van der Waals surface area contributed by atoms with Crippen molar-refractivity contribution in [2.24, 2.45) is 0 Å². The Kier molecular flexibility index (Phi) is 3.68. The summed E-state index contributed by atoms with van der Waals surface area (Å²) in [5.41, 5.74) is 3.47. The third-order valence-corrected chi connectivity index (χ3v) is 4.26. The maximum atomic E-state index is 10.9. The number of aryl methyl sites for hydroxylation is 1. The monoisotopic (exact) mass is 314 g/mol. The van der Waals surface area contributed by atoms with Crippen LogP contribution in [0.4, 0.5) is 0 Å². The lowest BCUT2D eigenvalue weighted by atomic mass is 10.1.